The second kappa shape index (κ2) is 3.58. The minimum absolute atomic E-state index is 0.224. The highest BCUT2D eigenvalue weighted by Gasteiger charge is 2.05. The number of nitrogens with zero attached hydrogens (tertiary/aromatic N) is 1. The summed E-state index contributed by atoms with van der Waals surface area (Å²) in [6, 6.07) is 7.19. The molecule has 14 heavy (non-hydrogen) atoms. The maximum absolute atomic E-state index is 13.1. The molecule has 3 heteroatoms. The maximum atomic E-state index is 13.1. The van der Waals surface area contributed by atoms with Crippen LogP contribution >= 0.6 is 15.9 Å². The molecule has 0 aliphatic rings. The van der Waals surface area contributed by atoms with E-state index in [2.05, 4.69) is 15.9 Å². The molecule has 0 saturated heterocycles. The van der Waals surface area contributed by atoms with Gasteiger partial charge >= 0.3 is 0 Å². The van der Waals surface area contributed by atoms with Crippen LogP contribution in [0.15, 0.2) is 41.1 Å². The van der Waals surface area contributed by atoms with Gasteiger partial charge in [0.25, 0.3) is 0 Å². The quantitative estimate of drug-likeness (QED) is 0.731. The fraction of sp³-hybridized carbons (Fsp3) is 0.0909. The van der Waals surface area contributed by atoms with Crippen molar-refractivity contribution in [2.24, 2.45) is 0 Å². The van der Waals surface area contributed by atoms with Crippen molar-refractivity contribution in [3.63, 3.8) is 0 Å². The molecule has 0 saturated carbocycles. The number of halogens is 2. The van der Waals surface area contributed by atoms with Crippen LogP contribution in [0.5, 0.6) is 0 Å². The zero-order chi connectivity index (χ0) is 10.1. The molecule has 1 aromatic heterocycles. The molecule has 0 unspecified atom stereocenters. The molecule has 0 atom stereocenters. The first-order chi connectivity index (χ1) is 6.68. The second-order valence-electron chi connectivity index (χ2n) is 3.14. The third kappa shape index (κ3) is 1.60. The average molecular weight is 254 g/mol. The summed E-state index contributed by atoms with van der Waals surface area (Å²) in [6.07, 6.45) is 3.87. The van der Waals surface area contributed by atoms with Crippen molar-refractivity contribution in [3.05, 3.63) is 52.5 Å². The van der Waals surface area contributed by atoms with E-state index in [9.17, 15) is 4.39 Å². The zero-order valence-electron chi connectivity index (χ0n) is 7.67. The first-order valence-corrected chi connectivity index (χ1v) is 5.07. The average Bonchev–Trinajstić information content (AvgIpc) is 2.64. The second-order valence-corrected chi connectivity index (χ2v) is 4.00. The van der Waals surface area contributed by atoms with Crippen LogP contribution in [0.2, 0.25) is 0 Å². The van der Waals surface area contributed by atoms with Crippen LogP contribution in [-0.2, 0) is 0 Å². The summed E-state index contributed by atoms with van der Waals surface area (Å²) in [6.45, 7) is 1.89. The van der Waals surface area contributed by atoms with Gasteiger partial charge in [0.2, 0.25) is 0 Å². The highest BCUT2D eigenvalue weighted by molar-refractivity contribution is 9.10. The summed E-state index contributed by atoms with van der Waals surface area (Å²) in [5.74, 6) is -0.224. The molecule has 2 aromatic rings. The molecular weight excluding hydrogens is 245 g/mol. The SMILES string of the molecule is Cc1cc(F)c(Br)cc1-n1cccc1. The van der Waals surface area contributed by atoms with Gasteiger partial charge in [-0.05, 0) is 52.7 Å². The predicted molar refractivity (Wildman–Crippen MR) is 58.2 cm³/mol. The molecule has 0 aliphatic heterocycles. The van der Waals surface area contributed by atoms with Gasteiger partial charge in [0.05, 0.1) is 4.47 Å². The minimum Gasteiger partial charge on any atom is -0.324 e. The summed E-state index contributed by atoms with van der Waals surface area (Å²) in [7, 11) is 0. The Morgan fingerprint density at radius 1 is 1.21 bits per heavy atom. The number of aryl methyl sites for hydroxylation is 1. The number of hydrogen-bond donors (Lipinski definition) is 0. The van der Waals surface area contributed by atoms with Gasteiger partial charge in [0.1, 0.15) is 5.82 Å². The van der Waals surface area contributed by atoms with Gasteiger partial charge in [-0.25, -0.2) is 4.39 Å². The first-order valence-electron chi connectivity index (χ1n) is 4.27. The molecule has 0 spiro atoms. The van der Waals surface area contributed by atoms with Gasteiger partial charge in [-0.1, -0.05) is 0 Å². The lowest BCUT2D eigenvalue weighted by atomic mass is 10.2. The van der Waals surface area contributed by atoms with Crippen molar-refractivity contribution in [2.75, 3.05) is 0 Å². The van der Waals surface area contributed by atoms with Crippen molar-refractivity contribution in [1.82, 2.24) is 4.57 Å². The number of aromatic nitrogens is 1. The number of benzene rings is 1. The zero-order valence-corrected chi connectivity index (χ0v) is 9.25. The standard InChI is InChI=1S/C11H9BrFN/c1-8-6-10(13)9(12)7-11(8)14-4-2-3-5-14/h2-7H,1H3. The molecule has 1 heterocycles. The van der Waals surface area contributed by atoms with Crippen LogP contribution in [0.1, 0.15) is 5.56 Å². The van der Waals surface area contributed by atoms with Crippen LogP contribution in [-0.4, -0.2) is 4.57 Å². The van der Waals surface area contributed by atoms with E-state index in [-0.39, 0.29) is 5.82 Å². The molecular formula is C11H9BrFN. The Morgan fingerprint density at radius 2 is 1.86 bits per heavy atom. The van der Waals surface area contributed by atoms with Gasteiger partial charge in [-0.3, -0.25) is 0 Å². The fourth-order valence-electron chi connectivity index (χ4n) is 1.41. The molecule has 0 N–H and O–H groups in total. The molecule has 0 amide bonds. The minimum atomic E-state index is -0.224. The van der Waals surface area contributed by atoms with Gasteiger partial charge in [-0.2, -0.15) is 0 Å². The fourth-order valence-corrected chi connectivity index (χ4v) is 1.74. The summed E-state index contributed by atoms with van der Waals surface area (Å²) < 4.78 is 15.6. The summed E-state index contributed by atoms with van der Waals surface area (Å²) in [4.78, 5) is 0. The van der Waals surface area contributed by atoms with Crippen LogP contribution in [0, 0.1) is 12.7 Å². The molecule has 2 rings (SSSR count). The van der Waals surface area contributed by atoms with E-state index in [1.807, 2.05) is 36.0 Å². The van der Waals surface area contributed by atoms with Crippen molar-refractivity contribution < 1.29 is 4.39 Å². The Bertz CT molecular complexity index is 449. The third-order valence-electron chi connectivity index (χ3n) is 2.12. The van der Waals surface area contributed by atoms with E-state index in [1.165, 1.54) is 6.07 Å². The maximum Gasteiger partial charge on any atom is 0.137 e. The van der Waals surface area contributed by atoms with E-state index in [4.69, 9.17) is 0 Å². The van der Waals surface area contributed by atoms with Crippen molar-refractivity contribution in [1.29, 1.82) is 0 Å². The predicted octanol–water partition coefficient (Wildman–Crippen LogP) is 3.69. The molecule has 0 aliphatic carbocycles. The molecule has 0 radical (unpaired) electrons. The van der Waals surface area contributed by atoms with E-state index in [0.717, 1.165) is 11.3 Å². The largest absolute Gasteiger partial charge is 0.324 e. The summed E-state index contributed by atoms with van der Waals surface area (Å²) >= 11 is 3.18. The van der Waals surface area contributed by atoms with E-state index in [0.29, 0.717) is 4.47 Å². The number of rotatable bonds is 1. The lowest BCUT2D eigenvalue weighted by molar-refractivity contribution is 0.619. The van der Waals surface area contributed by atoms with Crippen molar-refractivity contribution in [3.8, 4) is 5.69 Å². The Morgan fingerprint density at radius 3 is 2.50 bits per heavy atom. The monoisotopic (exact) mass is 253 g/mol. The van der Waals surface area contributed by atoms with Crippen molar-refractivity contribution in [2.45, 2.75) is 6.92 Å². The van der Waals surface area contributed by atoms with Gasteiger partial charge in [0, 0.05) is 18.1 Å². The van der Waals surface area contributed by atoms with Crippen LogP contribution < -0.4 is 0 Å². The Balaban J connectivity index is 2.60. The van der Waals surface area contributed by atoms with Crippen LogP contribution in [0.3, 0.4) is 0 Å². The highest BCUT2D eigenvalue weighted by Crippen LogP contribution is 2.23. The van der Waals surface area contributed by atoms with E-state index < -0.39 is 0 Å². The highest BCUT2D eigenvalue weighted by atomic mass is 79.9. The van der Waals surface area contributed by atoms with E-state index in [1.54, 1.807) is 6.07 Å². The lowest BCUT2D eigenvalue weighted by Gasteiger charge is -2.08. The molecule has 0 bridgehead atoms. The summed E-state index contributed by atoms with van der Waals surface area (Å²) in [5, 5.41) is 0. The lowest BCUT2D eigenvalue weighted by Crippen LogP contribution is -1.95. The molecule has 1 aromatic carbocycles. The topological polar surface area (TPSA) is 4.93 Å². The third-order valence-corrected chi connectivity index (χ3v) is 2.73. The number of hydrogen-bond acceptors (Lipinski definition) is 0. The normalized spacial score (nSPS) is 10.5. The Labute approximate surface area is 90.3 Å². The first kappa shape index (κ1) is 9.46. The van der Waals surface area contributed by atoms with E-state index >= 15 is 0 Å². The Kier molecular flexibility index (Phi) is 2.42. The molecule has 72 valence electrons. The van der Waals surface area contributed by atoms with Crippen LogP contribution in [0.4, 0.5) is 4.39 Å². The van der Waals surface area contributed by atoms with Crippen molar-refractivity contribution >= 4 is 15.9 Å². The summed E-state index contributed by atoms with van der Waals surface area (Å²) in [5.41, 5.74) is 1.91. The van der Waals surface area contributed by atoms with Gasteiger partial charge in [0.15, 0.2) is 0 Å². The smallest absolute Gasteiger partial charge is 0.137 e. The van der Waals surface area contributed by atoms with Crippen LogP contribution in [0.25, 0.3) is 5.69 Å². The molecule has 0 fully saturated rings. The van der Waals surface area contributed by atoms with Gasteiger partial charge < -0.3 is 4.57 Å². The van der Waals surface area contributed by atoms with Gasteiger partial charge in [-0.15, -0.1) is 0 Å². The molecule has 1 nitrogen and oxygen atoms in total. The Hall–Kier alpha value is -1.09.